The Morgan fingerprint density at radius 3 is 2.55 bits per heavy atom. The molecular weight excluding hydrogens is 292 g/mol. The first-order chi connectivity index (χ1) is 10.7. The Balaban J connectivity index is 1.99. The van der Waals surface area contributed by atoms with Gasteiger partial charge in [-0.2, -0.15) is 5.26 Å². The van der Waals surface area contributed by atoms with Crippen molar-refractivity contribution in [2.75, 3.05) is 10.7 Å². The zero-order chi connectivity index (χ0) is 15.6. The first-order valence-corrected chi connectivity index (χ1v) is 8.11. The van der Waals surface area contributed by atoms with Crippen molar-refractivity contribution in [3.8, 4) is 5.40 Å². The van der Waals surface area contributed by atoms with E-state index in [0.717, 1.165) is 28.6 Å². The number of thioether (sulfide) groups is 1. The normalized spacial score (nSPS) is 19.8. The first-order valence-electron chi connectivity index (χ1n) is 7.13. The summed E-state index contributed by atoms with van der Waals surface area (Å²) in [5.41, 5.74) is 2.44. The standard InChI is InChI=1S/C18H16N2OS/c1-18(12-22-13-19)15-9-5-6-10-16(15)20(17(18)21)11-14-7-3-2-4-8-14/h2-10H,11-12H2,1H3. The number of para-hydroxylation sites is 1. The lowest BCUT2D eigenvalue weighted by Gasteiger charge is -2.23. The SMILES string of the molecule is CC1(CSC#N)C(=O)N(Cc2ccccc2)c2ccccc21. The van der Waals surface area contributed by atoms with Gasteiger partial charge in [-0.1, -0.05) is 48.5 Å². The first kappa shape index (κ1) is 14.7. The molecular formula is C18H16N2OS. The van der Waals surface area contributed by atoms with Gasteiger partial charge in [0, 0.05) is 11.4 Å². The maximum atomic E-state index is 13.0. The van der Waals surface area contributed by atoms with E-state index in [1.54, 1.807) is 0 Å². The van der Waals surface area contributed by atoms with Gasteiger partial charge in [-0.15, -0.1) is 0 Å². The fourth-order valence-corrected chi connectivity index (χ4v) is 3.57. The molecule has 4 heteroatoms. The largest absolute Gasteiger partial charge is 0.307 e. The van der Waals surface area contributed by atoms with E-state index >= 15 is 0 Å². The molecule has 0 saturated carbocycles. The molecule has 3 nitrogen and oxygen atoms in total. The van der Waals surface area contributed by atoms with Gasteiger partial charge in [0.15, 0.2) is 0 Å². The maximum absolute atomic E-state index is 13.0. The van der Waals surface area contributed by atoms with Crippen LogP contribution in [0.15, 0.2) is 54.6 Å². The monoisotopic (exact) mass is 308 g/mol. The number of amides is 1. The molecule has 0 saturated heterocycles. The van der Waals surface area contributed by atoms with E-state index in [-0.39, 0.29) is 5.91 Å². The lowest BCUT2D eigenvalue weighted by atomic mass is 9.86. The van der Waals surface area contributed by atoms with Crippen molar-refractivity contribution >= 4 is 23.4 Å². The van der Waals surface area contributed by atoms with Crippen molar-refractivity contribution in [2.45, 2.75) is 18.9 Å². The molecule has 1 aliphatic rings. The van der Waals surface area contributed by atoms with E-state index in [9.17, 15) is 4.79 Å². The minimum atomic E-state index is -0.633. The van der Waals surface area contributed by atoms with Crippen LogP contribution in [0.5, 0.6) is 0 Å². The Kier molecular flexibility index (Phi) is 3.91. The summed E-state index contributed by atoms with van der Waals surface area (Å²) >= 11 is 1.14. The van der Waals surface area contributed by atoms with Gasteiger partial charge in [0.05, 0.1) is 12.0 Å². The smallest absolute Gasteiger partial charge is 0.238 e. The van der Waals surface area contributed by atoms with Gasteiger partial charge in [-0.25, -0.2) is 0 Å². The molecule has 1 amide bonds. The van der Waals surface area contributed by atoms with Crippen LogP contribution in [0.25, 0.3) is 0 Å². The van der Waals surface area contributed by atoms with Crippen LogP contribution in [0, 0.1) is 10.7 Å². The zero-order valence-corrected chi connectivity index (χ0v) is 13.1. The predicted octanol–water partition coefficient (Wildman–Crippen LogP) is 3.71. The second kappa shape index (κ2) is 5.86. The van der Waals surface area contributed by atoms with E-state index in [1.807, 2.05) is 66.4 Å². The molecule has 2 aromatic rings. The van der Waals surface area contributed by atoms with Gasteiger partial charge >= 0.3 is 0 Å². The Morgan fingerprint density at radius 2 is 1.82 bits per heavy atom. The lowest BCUT2D eigenvalue weighted by molar-refractivity contribution is -0.122. The molecule has 0 bridgehead atoms. The van der Waals surface area contributed by atoms with E-state index in [1.165, 1.54) is 0 Å². The number of hydrogen-bond acceptors (Lipinski definition) is 3. The average Bonchev–Trinajstić information content (AvgIpc) is 2.77. The molecule has 0 spiro atoms. The maximum Gasteiger partial charge on any atom is 0.238 e. The highest BCUT2D eigenvalue weighted by molar-refractivity contribution is 8.03. The molecule has 0 aromatic heterocycles. The molecule has 22 heavy (non-hydrogen) atoms. The summed E-state index contributed by atoms with van der Waals surface area (Å²) in [4.78, 5) is 14.8. The summed E-state index contributed by atoms with van der Waals surface area (Å²) in [7, 11) is 0. The van der Waals surface area contributed by atoms with Crippen LogP contribution in [-0.4, -0.2) is 11.7 Å². The Morgan fingerprint density at radius 1 is 1.14 bits per heavy atom. The highest BCUT2D eigenvalue weighted by Gasteiger charge is 2.47. The number of nitriles is 1. The summed E-state index contributed by atoms with van der Waals surface area (Å²) in [5, 5.41) is 10.9. The molecule has 110 valence electrons. The number of fused-ring (bicyclic) bond motifs is 1. The summed E-state index contributed by atoms with van der Waals surface area (Å²) in [5.74, 6) is 0.547. The molecule has 0 fully saturated rings. The fraction of sp³-hybridized carbons (Fsp3) is 0.222. The van der Waals surface area contributed by atoms with E-state index in [0.29, 0.717) is 12.3 Å². The zero-order valence-electron chi connectivity index (χ0n) is 12.3. The number of rotatable bonds is 4. The van der Waals surface area contributed by atoms with Crippen molar-refractivity contribution < 1.29 is 4.79 Å². The van der Waals surface area contributed by atoms with Crippen molar-refractivity contribution in [3.63, 3.8) is 0 Å². The minimum absolute atomic E-state index is 0.0697. The summed E-state index contributed by atoms with van der Waals surface area (Å²) < 4.78 is 0. The number of thiocyanates is 1. The Labute approximate surface area is 134 Å². The molecule has 0 N–H and O–H groups in total. The van der Waals surface area contributed by atoms with E-state index in [2.05, 4.69) is 5.40 Å². The number of nitrogens with zero attached hydrogens (tertiary/aromatic N) is 2. The lowest BCUT2D eigenvalue weighted by Crippen LogP contribution is -2.39. The Hall–Kier alpha value is -2.25. The number of carbonyl (C=O) groups excluding carboxylic acids is 1. The van der Waals surface area contributed by atoms with Gasteiger partial charge in [0.1, 0.15) is 5.40 Å². The Bertz CT molecular complexity index is 738. The van der Waals surface area contributed by atoms with Crippen LogP contribution in [0.2, 0.25) is 0 Å². The number of benzene rings is 2. The highest BCUT2D eigenvalue weighted by Crippen LogP contribution is 2.43. The van der Waals surface area contributed by atoms with Gasteiger partial charge in [-0.3, -0.25) is 4.79 Å². The molecule has 1 atom stereocenters. The molecule has 0 radical (unpaired) electrons. The van der Waals surface area contributed by atoms with Crippen molar-refractivity contribution in [1.29, 1.82) is 5.26 Å². The molecule has 2 aromatic carbocycles. The third-order valence-electron chi connectivity index (χ3n) is 4.12. The van der Waals surface area contributed by atoms with Crippen molar-refractivity contribution in [1.82, 2.24) is 0 Å². The van der Waals surface area contributed by atoms with Crippen LogP contribution >= 0.6 is 11.8 Å². The minimum Gasteiger partial charge on any atom is -0.307 e. The molecule has 1 heterocycles. The van der Waals surface area contributed by atoms with Crippen LogP contribution in [0.1, 0.15) is 18.1 Å². The fourth-order valence-electron chi connectivity index (χ4n) is 2.94. The van der Waals surface area contributed by atoms with Crippen LogP contribution < -0.4 is 4.90 Å². The number of anilines is 1. The third-order valence-corrected chi connectivity index (χ3v) is 4.97. The number of carbonyl (C=O) groups is 1. The van der Waals surface area contributed by atoms with E-state index < -0.39 is 5.41 Å². The topological polar surface area (TPSA) is 44.1 Å². The molecule has 1 aliphatic heterocycles. The average molecular weight is 308 g/mol. The van der Waals surface area contributed by atoms with Gasteiger partial charge < -0.3 is 4.90 Å². The summed E-state index contributed by atoms with van der Waals surface area (Å²) in [6, 6.07) is 17.9. The second-order valence-corrected chi connectivity index (χ2v) is 6.37. The van der Waals surface area contributed by atoms with Crippen LogP contribution in [-0.2, 0) is 16.8 Å². The molecule has 1 unspecified atom stereocenters. The van der Waals surface area contributed by atoms with E-state index in [4.69, 9.17) is 5.26 Å². The molecule has 0 aliphatic carbocycles. The van der Waals surface area contributed by atoms with Gasteiger partial charge in [-0.05, 0) is 35.9 Å². The van der Waals surface area contributed by atoms with Crippen molar-refractivity contribution in [2.24, 2.45) is 0 Å². The molecule has 3 rings (SSSR count). The third kappa shape index (κ3) is 2.38. The van der Waals surface area contributed by atoms with Crippen LogP contribution in [0.4, 0.5) is 5.69 Å². The quantitative estimate of drug-likeness (QED) is 0.809. The predicted molar refractivity (Wildman–Crippen MR) is 89.5 cm³/mol. The second-order valence-electron chi connectivity index (χ2n) is 5.61. The summed E-state index contributed by atoms with van der Waals surface area (Å²) in [6.07, 6.45) is 0. The highest BCUT2D eigenvalue weighted by atomic mass is 32.2. The number of hydrogen-bond donors (Lipinski definition) is 0. The van der Waals surface area contributed by atoms with Crippen LogP contribution in [0.3, 0.4) is 0 Å². The summed E-state index contributed by atoms with van der Waals surface area (Å²) in [6.45, 7) is 2.49. The van der Waals surface area contributed by atoms with Crippen molar-refractivity contribution in [3.05, 3.63) is 65.7 Å². The van der Waals surface area contributed by atoms with Gasteiger partial charge in [0.25, 0.3) is 0 Å². The van der Waals surface area contributed by atoms with Gasteiger partial charge in [0.2, 0.25) is 5.91 Å².